The zero-order valence-corrected chi connectivity index (χ0v) is 18.1. The van der Waals surface area contributed by atoms with Crippen LogP contribution >= 0.6 is 0 Å². The maximum Gasteiger partial charge on any atom is 0.375 e. The van der Waals surface area contributed by atoms with Crippen LogP contribution in [0.15, 0.2) is 65.3 Å². The number of sulfone groups is 1. The van der Waals surface area contributed by atoms with Crippen molar-refractivity contribution in [3.8, 4) is 5.88 Å². The maximum absolute atomic E-state index is 12.7. The topological polar surface area (TPSA) is 103 Å². The summed E-state index contributed by atoms with van der Waals surface area (Å²) >= 11 is 0. The van der Waals surface area contributed by atoms with Gasteiger partial charge in [-0.3, -0.25) is 0 Å². The number of hydrogen-bond donors (Lipinski definition) is 1. The highest BCUT2D eigenvalue weighted by Gasteiger charge is 2.43. The fourth-order valence-electron chi connectivity index (χ4n) is 3.62. The Hall–Kier alpha value is -3.23. The lowest BCUT2D eigenvalue weighted by Gasteiger charge is -2.21. The number of carbonyl (C=O) groups excluding carboxylic acids is 1. The monoisotopic (exact) mass is 439 g/mol. The van der Waals surface area contributed by atoms with Gasteiger partial charge in [0.15, 0.2) is 9.84 Å². The molecular formula is C23H21NO6S. The third kappa shape index (κ3) is 3.92. The van der Waals surface area contributed by atoms with Crippen molar-refractivity contribution < 1.29 is 27.8 Å². The van der Waals surface area contributed by atoms with Crippen LogP contribution < -0.4 is 4.74 Å². The van der Waals surface area contributed by atoms with Gasteiger partial charge in [0.25, 0.3) is 0 Å². The molecule has 2 heterocycles. The highest BCUT2D eigenvalue weighted by Crippen LogP contribution is 2.41. The third-order valence-electron chi connectivity index (χ3n) is 5.05. The number of pyridine rings is 1. The van der Waals surface area contributed by atoms with Gasteiger partial charge < -0.3 is 14.6 Å². The second kappa shape index (κ2) is 7.47. The molecule has 4 rings (SSSR count). The molecule has 8 heteroatoms. The first-order chi connectivity index (χ1) is 14.6. The van der Waals surface area contributed by atoms with E-state index in [-0.39, 0.29) is 23.1 Å². The van der Waals surface area contributed by atoms with Gasteiger partial charge in [-0.2, -0.15) is 0 Å². The van der Waals surface area contributed by atoms with Crippen molar-refractivity contribution in [3.05, 3.63) is 71.6 Å². The van der Waals surface area contributed by atoms with Gasteiger partial charge >= 0.3 is 5.97 Å². The predicted octanol–water partition coefficient (Wildman–Crippen LogP) is 3.26. The number of ether oxygens (including phenoxy) is 2. The van der Waals surface area contributed by atoms with E-state index in [1.807, 2.05) is 24.3 Å². The van der Waals surface area contributed by atoms with Gasteiger partial charge in [0, 0.05) is 11.6 Å². The Morgan fingerprint density at radius 3 is 2.42 bits per heavy atom. The summed E-state index contributed by atoms with van der Waals surface area (Å²) in [4.78, 5) is 17.2. The molecular weight excluding hydrogens is 418 g/mol. The number of aliphatic hydroxyl groups is 1. The lowest BCUT2D eigenvalue weighted by Crippen LogP contribution is -2.22. The van der Waals surface area contributed by atoms with E-state index < -0.39 is 21.4 Å². The Morgan fingerprint density at radius 2 is 1.77 bits per heavy atom. The van der Waals surface area contributed by atoms with Gasteiger partial charge in [0.1, 0.15) is 5.60 Å². The fourth-order valence-corrected chi connectivity index (χ4v) is 4.25. The van der Waals surface area contributed by atoms with Crippen LogP contribution in [0.2, 0.25) is 0 Å². The van der Waals surface area contributed by atoms with Crippen LogP contribution in [0.3, 0.4) is 0 Å². The van der Waals surface area contributed by atoms with E-state index in [0.29, 0.717) is 22.2 Å². The van der Waals surface area contributed by atoms with Crippen molar-refractivity contribution in [2.24, 2.45) is 0 Å². The SMILES string of the molecule is CC1(C)OC(=O)C(Oc2nc(CO)cc3ccccc23)=C1c1ccc(S(C)(=O)=O)cc1. The van der Waals surface area contributed by atoms with Crippen LogP contribution in [-0.4, -0.2) is 36.3 Å². The number of aliphatic hydroxyl groups excluding tert-OH is 1. The molecule has 0 saturated carbocycles. The van der Waals surface area contributed by atoms with E-state index in [1.165, 1.54) is 12.1 Å². The van der Waals surface area contributed by atoms with Gasteiger partial charge in [-0.25, -0.2) is 18.2 Å². The maximum atomic E-state index is 12.7. The van der Waals surface area contributed by atoms with Gasteiger partial charge in [0.2, 0.25) is 11.6 Å². The van der Waals surface area contributed by atoms with Crippen molar-refractivity contribution in [1.82, 2.24) is 4.98 Å². The summed E-state index contributed by atoms with van der Waals surface area (Å²) in [5, 5.41) is 11.1. The summed E-state index contributed by atoms with van der Waals surface area (Å²) in [6, 6.07) is 15.3. The molecule has 7 nitrogen and oxygen atoms in total. The Kier molecular flexibility index (Phi) is 5.07. The van der Waals surface area contributed by atoms with Crippen LogP contribution in [0.25, 0.3) is 16.3 Å². The van der Waals surface area contributed by atoms with Crippen molar-refractivity contribution in [1.29, 1.82) is 0 Å². The normalized spacial score (nSPS) is 15.9. The molecule has 2 aromatic carbocycles. The zero-order valence-electron chi connectivity index (χ0n) is 17.2. The van der Waals surface area contributed by atoms with E-state index in [1.54, 1.807) is 32.0 Å². The lowest BCUT2D eigenvalue weighted by molar-refractivity contribution is -0.145. The van der Waals surface area contributed by atoms with E-state index in [2.05, 4.69) is 4.98 Å². The Balaban J connectivity index is 1.87. The molecule has 1 aliphatic heterocycles. The largest absolute Gasteiger partial charge is 0.449 e. The molecule has 160 valence electrons. The van der Waals surface area contributed by atoms with Crippen LogP contribution in [0, 0.1) is 0 Å². The molecule has 0 aliphatic carbocycles. The molecule has 1 aliphatic rings. The van der Waals surface area contributed by atoms with Crippen LogP contribution in [0.5, 0.6) is 5.88 Å². The lowest BCUT2D eigenvalue weighted by atomic mass is 9.92. The fraction of sp³-hybridized carbons (Fsp3) is 0.217. The molecule has 0 unspecified atom stereocenters. The molecule has 3 aromatic rings. The number of carbonyl (C=O) groups is 1. The Labute approximate surface area is 179 Å². The Morgan fingerprint density at radius 1 is 1.10 bits per heavy atom. The standard InChI is InChI=1S/C23H21NO6S/c1-23(2)19(14-8-10-17(11-9-14)31(3,27)28)20(22(26)30-23)29-21-18-7-5-4-6-15(18)12-16(13-25)24-21/h4-12,25H,13H2,1-3H3. The van der Waals surface area contributed by atoms with Gasteiger partial charge in [0.05, 0.1) is 22.8 Å². The summed E-state index contributed by atoms with van der Waals surface area (Å²) in [5.74, 6) is -0.491. The number of nitrogens with zero attached hydrogens (tertiary/aromatic N) is 1. The minimum Gasteiger partial charge on any atom is -0.449 e. The minimum atomic E-state index is -3.36. The highest BCUT2D eigenvalue weighted by atomic mass is 32.2. The van der Waals surface area contributed by atoms with Crippen LogP contribution in [0.1, 0.15) is 25.1 Å². The summed E-state index contributed by atoms with van der Waals surface area (Å²) in [6.07, 6.45) is 1.13. The van der Waals surface area contributed by atoms with E-state index in [9.17, 15) is 18.3 Å². The van der Waals surface area contributed by atoms with Crippen molar-refractivity contribution in [2.45, 2.75) is 31.0 Å². The molecule has 0 bridgehead atoms. The molecule has 1 aromatic heterocycles. The van der Waals surface area contributed by atoms with E-state index >= 15 is 0 Å². The first-order valence-electron chi connectivity index (χ1n) is 9.56. The first-order valence-corrected chi connectivity index (χ1v) is 11.5. The van der Waals surface area contributed by atoms with E-state index in [0.717, 1.165) is 11.6 Å². The van der Waals surface area contributed by atoms with Crippen molar-refractivity contribution in [2.75, 3.05) is 6.26 Å². The molecule has 0 fully saturated rings. The number of rotatable bonds is 5. The molecule has 0 atom stereocenters. The molecule has 1 N–H and O–H groups in total. The molecule has 0 saturated heterocycles. The first kappa shape index (κ1) is 21.0. The number of fused-ring (bicyclic) bond motifs is 1. The smallest absolute Gasteiger partial charge is 0.375 e. The summed E-state index contributed by atoms with van der Waals surface area (Å²) in [6.45, 7) is 3.18. The zero-order chi connectivity index (χ0) is 22.4. The number of benzene rings is 2. The Bertz CT molecular complexity index is 1320. The van der Waals surface area contributed by atoms with Crippen molar-refractivity contribution in [3.63, 3.8) is 0 Å². The van der Waals surface area contributed by atoms with Gasteiger partial charge in [-0.05, 0) is 49.1 Å². The molecule has 0 radical (unpaired) electrons. The summed E-state index contributed by atoms with van der Waals surface area (Å²) in [7, 11) is -3.36. The number of aromatic nitrogens is 1. The number of hydrogen-bond acceptors (Lipinski definition) is 7. The molecule has 31 heavy (non-hydrogen) atoms. The quantitative estimate of drug-likeness (QED) is 0.609. The third-order valence-corrected chi connectivity index (χ3v) is 6.18. The van der Waals surface area contributed by atoms with Crippen LogP contribution in [-0.2, 0) is 26.0 Å². The summed E-state index contributed by atoms with van der Waals surface area (Å²) < 4.78 is 35.1. The van der Waals surface area contributed by atoms with Gasteiger partial charge in [-0.1, -0.05) is 30.3 Å². The predicted molar refractivity (Wildman–Crippen MR) is 115 cm³/mol. The number of esters is 1. The second-order valence-corrected chi connectivity index (χ2v) is 9.82. The van der Waals surface area contributed by atoms with Gasteiger partial charge in [-0.15, -0.1) is 0 Å². The van der Waals surface area contributed by atoms with Crippen molar-refractivity contribution >= 4 is 32.2 Å². The number of cyclic esters (lactones) is 1. The highest BCUT2D eigenvalue weighted by molar-refractivity contribution is 7.90. The average molecular weight is 439 g/mol. The average Bonchev–Trinajstić information content (AvgIpc) is 2.94. The van der Waals surface area contributed by atoms with Crippen LogP contribution in [0.4, 0.5) is 0 Å². The van der Waals surface area contributed by atoms with E-state index in [4.69, 9.17) is 9.47 Å². The minimum absolute atomic E-state index is 0.0233. The molecule has 0 amide bonds. The second-order valence-electron chi connectivity index (χ2n) is 7.80. The molecule has 0 spiro atoms. The summed E-state index contributed by atoms with van der Waals surface area (Å²) in [5.41, 5.74) is 0.487.